The molecule has 2 saturated heterocycles. The lowest BCUT2D eigenvalue weighted by molar-refractivity contribution is -0.143. The van der Waals surface area contributed by atoms with Gasteiger partial charge < -0.3 is 4.74 Å². The summed E-state index contributed by atoms with van der Waals surface area (Å²) >= 11 is 4.81. The maximum absolute atomic E-state index is 14.1. The Bertz CT molecular complexity index is 1340. The first kappa shape index (κ1) is 31.3. The minimum atomic E-state index is -4.87. The van der Waals surface area contributed by atoms with Crippen LogP contribution >= 0.6 is 27.7 Å². The Hall–Kier alpha value is -2.08. The Morgan fingerprint density at radius 3 is 2.19 bits per heavy atom. The Labute approximate surface area is 252 Å². The molecule has 0 radical (unpaired) electrons. The fourth-order valence-electron chi connectivity index (χ4n) is 5.98. The minimum absolute atomic E-state index is 0.00580. The van der Waals surface area contributed by atoms with Gasteiger partial charge in [-0.3, -0.25) is 4.90 Å². The van der Waals surface area contributed by atoms with E-state index in [0.717, 1.165) is 37.3 Å². The number of hydrogen-bond donors (Lipinski definition) is 0. The van der Waals surface area contributed by atoms with Crippen molar-refractivity contribution in [3.8, 4) is 0 Å². The van der Waals surface area contributed by atoms with Gasteiger partial charge in [-0.05, 0) is 93.4 Å². The molecule has 0 unspecified atom stereocenters. The molecule has 2 heterocycles. The van der Waals surface area contributed by atoms with Crippen molar-refractivity contribution < 1.29 is 35.5 Å². The molecule has 11 heteroatoms. The second kappa shape index (κ2) is 12.9. The highest BCUT2D eigenvalue weighted by Gasteiger charge is 2.46. The Morgan fingerprint density at radius 2 is 1.55 bits per heavy atom. The van der Waals surface area contributed by atoms with Crippen molar-refractivity contribution in [2.45, 2.75) is 43.1 Å². The summed E-state index contributed by atoms with van der Waals surface area (Å²) in [6, 6.07) is 16.9. The highest BCUT2D eigenvalue weighted by atomic mass is 79.9. The molecule has 0 saturated carbocycles. The van der Waals surface area contributed by atoms with Crippen molar-refractivity contribution in [3.05, 3.63) is 105 Å². The van der Waals surface area contributed by atoms with Gasteiger partial charge in [0, 0.05) is 25.6 Å². The van der Waals surface area contributed by atoms with Crippen LogP contribution in [-0.4, -0.2) is 35.8 Å². The fraction of sp³-hybridized carbons (Fsp3) is 0.419. The molecular formula is C31H29BrF7NOS. The summed E-state index contributed by atoms with van der Waals surface area (Å²) in [4.78, 5) is 2.40. The van der Waals surface area contributed by atoms with Crippen molar-refractivity contribution in [2.24, 2.45) is 11.8 Å². The van der Waals surface area contributed by atoms with Crippen LogP contribution in [0.3, 0.4) is 0 Å². The van der Waals surface area contributed by atoms with E-state index in [1.807, 2.05) is 18.2 Å². The van der Waals surface area contributed by atoms with Crippen molar-refractivity contribution in [1.29, 1.82) is 0 Å². The van der Waals surface area contributed by atoms with Crippen LogP contribution in [0.5, 0.6) is 0 Å². The van der Waals surface area contributed by atoms with Gasteiger partial charge >= 0.3 is 12.4 Å². The van der Waals surface area contributed by atoms with E-state index in [0.29, 0.717) is 23.3 Å². The summed E-state index contributed by atoms with van der Waals surface area (Å²) < 4.78 is 100. The molecule has 0 bridgehead atoms. The molecule has 2 aliphatic rings. The predicted molar refractivity (Wildman–Crippen MR) is 153 cm³/mol. The molecule has 4 atom stereocenters. The molecule has 226 valence electrons. The molecule has 3 aromatic carbocycles. The molecule has 0 N–H and O–H groups in total. The van der Waals surface area contributed by atoms with E-state index in [1.165, 1.54) is 23.4 Å². The molecule has 0 aromatic heterocycles. The number of alkyl halides is 6. The van der Waals surface area contributed by atoms with Crippen molar-refractivity contribution >= 4 is 27.7 Å². The van der Waals surface area contributed by atoms with Gasteiger partial charge in [-0.25, -0.2) is 4.39 Å². The number of rotatable bonds is 8. The van der Waals surface area contributed by atoms with Gasteiger partial charge in [0.2, 0.25) is 0 Å². The van der Waals surface area contributed by atoms with Gasteiger partial charge in [-0.15, -0.1) is 11.8 Å². The molecule has 0 aliphatic carbocycles. The van der Waals surface area contributed by atoms with Crippen molar-refractivity contribution in [1.82, 2.24) is 4.90 Å². The summed E-state index contributed by atoms with van der Waals surface area (Å²) in [5, 5.41) is 0. The molecule has 5 rings (SSSR count). The summed E-state index contributed by atoms with van der Waals surface area (Å²) in [5.74, 6) is 0.580. The average Bonchev–Trinajstić information content (AvgIpc) is 3.34. The third kappa shape index (κ3) is 7.52. The fourth-order valence-corrected chi connectivity index (χ4v) is 7.66. The Morgan fingerprint density at radius 1 is 0.857 bits per heavy atom. The first-order chi connectivity index (χ1) is 19.9. The van der Waals surface area contributed by atoms with Crippen molar-refractivity contribution in [3.63, 3.8) is 0 Å². The molecule has 2 fully saturated rings. The lowest BCUT2D eigenvalue weighted by atomic mass is 9.78. The van der Waals surface area contributed by atoms with Gasteiger partial charge in [0.25, 0.3) is 0 Å². The van der Waals surface area contributed by atoms with Gasteiger partial charge in [-0.1, -0.05) is 36.4 Å². The molecule has 0 amide bonds. The van der Waals surface area contributed by atoms with Crippen LogP contribution in [0.4, 0.5) is 30.7 Å². The summed E-state index contributed by atoms with van der Waals surface area (Å²) in [6.45, 7) is 3.06. The minimum Gasteiger partial charge on any atom is -0.367 e. The highest BCUT2D eigenvalue weighted by Crippen LogP contribution is 2.47. The summed E-state index contributed by atoms with van der Waals surface area (Å²) in [6.07, 6.45) is -9.30. The second-order valence-electron chi connectivity index (χ2n) is 10.9. The SMILES string of the molecule is Fc1ccc([C@H]2[C@@H]3CN(Cc4ccccc4)C[C@H]3CO[C@@H]2SCCCc2cc(C(F)(F)F)cc(C(F)(F)F)c2)cc1Br. The number of likely N-dealkylation sites (tertiary alicyclic amines) is 1. The number of aryl methyl sites for hydroxylation is 1. The maximum Gasteiger partial charge on any atom is 0.416 e. The average molecular weight is 677 g/mol. The first-order valence-corrected chi connectivity index (χ1v) is 15.5. The summed E-state index contributed by atoms with van der Waals surface area (Å²) in [7, 11) is 0. The molecule has 42 heavy (non-hydrogen) atoms. The number of halogens is 8. The molecular weight excluding hydrogens is 647 g/mol. The zero-order chi connectivity index (χ0) is 30.1. The van der Waals surface area contributed by atoms with Gasteiger partial charge in [0.15, 0.2) is 0 Å². The Balaban J connectivity index is 1.29. The van der Waals surface area contributed by atoms with Crippen LogP contribution in [0, 0.1) is 17.7 Å². The normalized spacial score (nSPS) is 23.2. The third-order valence-corrected chi connectivity index (χ3v) is 9.80. The largest absolute Gasteiger partial charge is 0.416 e. The molecule has 0 spiro atoms. The van der Waals surface area contributed by atoms with Crippen LogP contribution in [0.25, 0.3) is 0 Å². The lowest BCUT2D eigenvalue weighted by Crippen LogP contribution is -2.39. The number of benzene rings is 3. The predicted octanol–water partition coefficient (Wildman–Crippen LogP) is 9.18. The third-order valence-electron chi connectivity index (χ3n) is 7.91. The summed E-state index contributed by atoms with van der Waals surface area (Å²) in [5.41, 5.74) is -0.743. The van der Waals surface area contributed by atoms with Crippen LogP contribution in [0.15, 0.2) is 71.2 Å². The highest BCUT2D eigenvalue weighted by molar-refractivity contribution is 9.10. The number of thioether (sulfide) groups is 1. The van der Waals surface area contributed by atoms with Crippen molar-refractivity contribution in [2.75, 3.05) is 25.4 Å². The molecule has 2 aliphatic heterocycles. The number of hydrogen-bond acceptors (Lipinski definition) is 3. The zero-order valence-electron chi connectivity index (χ0n) is 22.4. The second-order valence-corrected chi connectivity index (χ2v) is 13.0. The smallest absolute Gasteiger partial charge is 0.367 e. The standard InChI is InChI=1S/C31H29BrF7NOS/c32-26-13-21(8-9-27(26)33)28-25-17-40(15-19-5-2-1-3-6-19)16-22(25)18-41-29(28)42-10-4-7-20-11-23(30(34,35)36)14-24(12-20)31(37,38)39/h1-3,5-6,8-9,11-14,22,25,28-29H,4,7,10,15-18H2/t22-,25+,28-,29+/m0/s1. The Kier molecular flexibility index (Phi) is 9.61. The molecule has 3 aromatic rings. The van der Waals surface area contributed by atoms with E-state index in [-0.39, 0.29) is 47.1 Å². The van der Waals surface area contributed by atoms with E-state index in [2.05, 4.69) is 33.0 Å². The first-order valence-electron chi connectivity index (χ1n) is 13.6. The van der Waals surface area contributed by atoms with Gasteiger partial charge in [0.1, 0.15) is 11.3 Å². The monoisotopic (exact) mass is 675 g/mol. The number of nitrogens with zero attached hydrogens (tertiary/aromatic N) is 1. The van der Waals surface area contributed by atoms with E-state index < -0.39 is 23.5 Å². The zero-order valence-corrected chi connectivity index (χ0v) is 24.8. The topological polar surface area (TPSA) is 12.5 Å². The van der Waals surface area contributed by atoms with Gasteiger partial charge in [0.05, 0.1) is 22.2 Å². The number of fused-ring (bicyclic) bond motifs is 1. The van der Waals surface area contributed by atoms with Crippen LogP contribution < -0.4 is 0 Å². The van der Waals surface area contributed by atoms with Crippen LogP contribution in [0.2, 0.25) is 0 Å². The quantitative estimate of drug-likeness (QED) is 0.175. The van der Waals surface area contributed by atoms with E-state index in [4.69, 9.17) is 4.74 Å². The number of ether oxygens (including phenoxy) is 1. The lowest BCUT2D eigenvalue weighted by Gasteiger charge is -2.39. The van der Waals surface area contributed by atoms with E-state index in [1.54, 1.807) is 12.1 Å². The van der Waals surface area contributed by atoms with Crippen LogP contribution in [0.1, 0.15) is 40.2 Å². The van der Waals surface area contributed by atoms with Gasteiger partial charge in [-0.2, -0.15) is 26.3 Å². The van der Waals surface area contributed by atoms with E-state index in [9.17, 15) is 30.7 Å². The molecule has 2 nitrogen and oxygen atoms in total. The van der Waals surface area contributed by atoms with Crippen LogP contribution in [-0.2, 0) is 30.1 Å². The maximum atomic E-state index is 14.1. The van der Waals surface area contributed by atoms with E-state index >= 15 is 0 Å².